The zero-order valence-corrected chi connectivity index (χ0v) is 7.88. The van der Waals surface area contributed by atoms with Crippen molar-refractivity contribution in [2.45, 2.75) is 13.0 Å². The zero-order chi connectivity index (χ0) is 7.28. The Morgan fingerprint density at radius 2 is 2.44 bits per heavy atom. The summed E-state index contributed by atoms with van der Waals surface area (Å²) >= 11 is 4.45. The van der Waals surface area contributed by atoms with E-state index in [4.69, 9.17) is 0 Å². The third kappa shape index (κ3) is 4.78. The molecule has 0 saturated heterocycles. The molecule has 0 saturated carbocycles. The molecule has 54 valence electrons. The Bertz CT molecular complexity index is 99.0. The minimum absolute atomic E-state index is 0.0296. The predicted molar refractivity (Wildman–Crippen MR) is 45.3 cm³/mol. The summed E-state index contributed by atoms with van der Waals surface area (Å²) in [5.74, 6) is 0. The van der Waals surface area contributed by atoms with Crippen molar-refractivity contribution in [3.8, 4) is 0 Å². The lowest BCUT2D eigenvalue weighted by molar-refractivity contribution is 0.259. The van der Waals surface area contributed by atoms with E-state index in [2.05, 4.69) is 21.2 Å². The second-order valence-electron chi connectivity index (χ2n) is 1.69. The number of thioether (sulfide) groups is 1. The highest BCUT2D eigenvalue weighted by Crippen LogP contribution is 1.96. The Labute approximate surface area is 67.9 Å². The molecule has 4 heteroatoms. The quantitative estimate of drug-likeness (QED) is 0.707. The molecule has 0 radical (unpaired) electrons. The lowest BCUT2D eigenvalue weighted by atomic mass is 10.4. The van der Waals surface area contributed by atoms with Gasteiger partial charge in [-0.15, -0.1) is 0 Å². The van der Waals surface area contributed by atoms with Gasteiger partial charge in [-0.2, -0.15) is 0 Å². The van der Waals surface area contributed by atoms with Crippen molar-refractivity contribution in [3.05, 3.63) is 0 Å². The van der Waals surface area contributed by atoms with E-state index in [0.29, 0.717) is 0 Å². The molecule has 0 aliphatic carbocycles. The SMILES string of the molecule is CSC(=O)N[C@H](C)CBr. The first-order valence-electron chi connectivity index (χ1n) is 2.61. The fourth-order valence-corrected chi connectivity index (χ4v) is 0.780. The van der Waals surface area contributed by atoms with Crippen molar-refractivity contribution in [3.63, 3.8) is 0 Å². The van der Waals surface area contributed by atoms with Crippen LogP contribution in [-0.2, 0) is 0 Å². The summed E-state index contributed by atoms with van der Waals surface area (Å²) in [4.78, 5) is 10.6. The summed E-state index contributed by atoms with van der Waals surface area (Å²) in [5, 5.41) is 3.59. The molecule has 0 aliphatic heterocycles. The van der Waals surface area contributed by atoms with E-state index in [1.165, 1.54) is 11.8 Å². The summed E-state index contributed by atoms with van der Waals surface area (Å²) in [6.45, 7) is 1.95. The Hall–Kier alpha value is 0.300. The largest absolute Gasteiger partial charge is 0.344 e. The highest BCUT2D eigenvalue weighted by Gasteiger charge is 2.01. The molecule has 0 rings (SSSR count). The molecule has 0 aromatic rings. The molecule has 0 spiro atoms. The van der Waals surface area contributed by atoms with Crippen LogP contribution in [0.1, 0.15) is 6.92 Å². The molecule has 1 amide bonds. The van der Waals surface area contributed by atoms with Crippen LogP contribution in [0.3, 0.4) is 0 Å². The molecule has 0 aromatic carbocycles. The van der Waals surface area contributed by atoms with Crippen LogP contribution < -0.4 is 5.32 Å². The molecule has 0 fully saturated rings. The van der Waals surface area contributed by atoms with Gasteiger partial charge < -0.3 is 5.32 Å². The minimum Gasteiger partial charge on any atom is -0.344 e. The first kappa shape index (κ1) is 9.30. The zero-order valence-electron chi connectivity index (χ0n) is 5.48. The fourth-order valence-electron chi connectivity index (χ4n) is 0.299. The Morgan fingerprint density at radius 3 is 2.78 bits per heavy atom. The van der Waals surface area contributed by atoms with Gasteiger partial charge >= 0.3 is 0 Å². The maximum Gasteiger partial charge on any atom is 0.279 e. The first-order chi connectivity index (χ1) is 4.20. The van der Waals surface area contributed by atoms with Crippen LogP contribution in [0, 0.1) is 0 Å². The number of halogens is 1. The predicted octanol–water partition coefficient (Wildman–Crippen LogP) is 1.84. The van der Waals surface area contributed by atoms with E-state index in [-0.39, 0.29) is 11.3 Å². The highest BCUT2D eigenvalue weighted by atomic mass is 79.9. The number of carbonyl (C=O) groups excluding carboxylic acids is 1. The average molecular weight is 212 g/mol. The summed E-state index contributed by atoms with van der Waals surface area (Å²) in [6, 6.07) is 0.227. The lowest BCUT2D eigenvalue weighted by Crippen LogP contribution is -2.30. The number of alkyl halides is 1. The van der Waals surface area contributed by atoms with Gasteiger partial charge in [0.15, 0.2) is 0 Å². The van der Waals surface area contributed by atoms with Crippen molar-refractivity contribution in [1.29, 1.82) is 0 Å². The van der Waals surface area contributed by atoms with E-state index in [0.717, 1.165) is 5.33 Å². The Balaban J connectivity index is 3.34. The number of hydrogen-bond donors (Lipinski definition) is 1. The Kier molecular flexibility index (Phi) is 5.28. The van der Waals surface area contributed by atoms with Crippen LogP contribution in [0.4, 0.5) is 4.79 Å². The third-order valence-electron chi connectivity index (χ3n) is 0.781. The van der Waals surface area contributed by atoms with E-state index >= 15 is 0 Å². The minimum atomic E-state index is 0.0296. The second kappa shape index (κ2) is 5.11. The van der Waals surface area contributed by atoms with Crippen molar-refractivity contribution < 1.29 is 4.79 Å². The van der Waals surface area contributed by atoms with E-state index in [9.17, 15) is 4.79 Å². The topological polar surface area (TPSA) is 29.1 Å². The van der Waals surface area contributed by atoms with Gasteiger partial charge in [0.2, 0.25) is 0 Å². The number of carbonyl (C=O) groups is 1. The van der Waals surface area contributed by atoms with Gasteiger partial charge in [0.25, 0.3) is 5.24 Å². The second-order valence-corrected chi connectivity index (χ2v) is 3.12. The van der Waals surface area contributed by atoms with Gasteiger partial charge in [-0.25, -0.2) is 0 Å². The molecular formula is C5H10BrNOS. The van der Waals surface area contributed by atoms with E-state index in [1.807, 2.05) is 6.92 Å². The van der Waals surface area contributed by atoms with Crippen LogP contribution in [-0.4, -0.2) is 22.9 Å². The maximum atomic E-state index is 10.6. The maximum absolute atomic E-state index is 10.6. The van der Waals surface area contributed by atoms with Gasteiger partial charge in [-0.3, -0.25) is 4.79 Å². The van der Waals surface area contributed by atoms with Crippen LogP contribution >= 0.6 is 27.7 Å². The van der Waals surface area contributed by atoms with Crippen molar-refractivity contribution in [2.24, 2.45) is 0 Å². The van der Waals surface area contributed by atoms with Gasteiger partial charge in [0.05, 0.1) is 0 Å². The van der Waals surface area contributed by atoms with E-state index in [1.54, 1.807) is 6.26 Å². The molecule has 0 bridgehead atoms. The smallest absolute Gasteiger partial charge is 0.279 e. The van der Waals surface area contributed by atoms with Crippen LogP contribution in [0.2, 0.25) is 0 Å². The van der Waals surface area contributed by atoms with Crippen LogP contribution in [0.5, 0.6) is 0 Å². The average Bonchev–Trinajstić information content (AvgIpc) is 1.87. The molecule has 2 nitrogen and oxygen atoms in total. The van der Waals surface area contributed by atoms with Crippen molar-refractivity contribution in [1.82, 2.24) is 5.32 Å². The summed E-state index contributed by atoms with van der Waals surface area (Å²) in [6.07, 6.45) is 1.76. The van der Waals surface area contributed by atoms with Crippen molar-refractivity contribution >= 4 is 32.9 Å². The molecule has 0 aliphatic rings. The lowest BCUT2D eigenvalue weighted by Gasteiger charge is -2.07. The number of hydrogen-bond acceptors (Lipinski definition) is 2. The Morgan fingerprint density at radius 1 is 1.89 bits per heavy atom. The number of rotatable bonds is 2. The standard InChI is InChI=1S/C5H10BrNOS/c1-4(3-6)7-5(8)9-2/h4H,3H2,1-2H3,(H,7,8)/t4-/m1/s1. The molecule has 1 atom stereocenters. The summed E-state index contributed by atoms with van der Waals surface area (Å²) < 4.78 is 0. The van der Waals surface area contributed by atoms with Gasteiger partial charge in [-0.1, -0.05) is 27.7 Å². The number of amides is 1. The fraction of sp³-hybridized carbons (Fsp3) is 0.800. The van der Waals surface area contributed by atoms with Crippen molar-refractivity contribution in [2.75, 3.05) is 11.6 Å². The molecule has 1 N–H and O–H groups in total. The highest BCUT2D eigenvalue weighted by molar-refractivity contribution is 9.09. The summed E-state index contributed by atoms with van der Waals surface area (Å²) in [5.41, 5.74) is 0. The monoisotopic (exact) mass is 211 g/mol. The van der Waals surface area contributed by atoms with Gasteiger partial charge in [-0.05, 0) is 13.2 Å². The van der Waals surface area contributed by atoms with Gasteiger partial charge in [0.1, 0.15) is 0 Å². The third-order valence-corrected chi connectivity index (χ3v) is 2.24. The first-order valence-corrected chi connectivity index (χ1v) is 4.95. The van der Waals surface area contributed by atoms with E-state index < -0.39 is 0 Å². The normalized spacial score (nSPS) is 12.8. The van der Waals surface area contributed by atoms with Gasteiger partial charge in [0, 0.05) is 11.4 Å². The molecule has 0 heterocycles. The number of nitrogens with one attached hydrogen (secondary N) is 1. The summed E-state index contributed by atoms with van der Waals surface area (Å²) in [7, 11) is 0. The molecule has 9 heavy (non-hydrogen) atoms. The van der Waals surface area contributed by atoms with Crippen LogP contribution in [0.25, 0.3) is 0 Å². The van der Waals surface area contributed by atoms with Crippen LogP contribution in [0.15, 0.2) is 0 Å². The molecule has 0 unspecified atom stereocenters. The molecule has 0 aromatic heterocycles. The molecular weight excluding hydrogens is 202 g/mol.